The molecule has 1 atom stereocenters. The van der Waals surface area contributed by atoms with Gasteiger partial charge in [-0.15, -0.1) is 12.4 Å². The van der Waals surface area contributed by atoms with Crippen LogP contribution in [0.5, 0.6) is 5.75 Å². The number of piperazine rings is 1. The molecule has 1 N–H and O–H groups in total. The number of fused-ring (bicyclic) bond motifs is 1. The maximum atomic E-state index is 13.1. The van der Waals surface area contributed by atoms with E-state index in [4.69, 9.17) is 4.74 Å². The van der Waals surface area contributed by atoms with Crippen molar-refractivity contribution in [2.45, 2.75) is 12.5 Å². The number of carbonyl (C=O) groups is 1. The molecule has 0 aromatic heterocycles. The Balaban J connectivity index is 0.00000225. The van der Waals surface area contributed by atoms with Crippen molar-refractivity contribution >= 4 is 29.1 Å². The van der Waals surface area contributed by atoms with Crippen LogP contribution in [0.4, 0.5) is 0 Å². The van der Waals surface area contributed by atoms with Crippen molar-refractivity contribution in [3.8, 4) is 5.75 Å². The fourth-order valence-electron chi connectivity index (χ4n) is 3.85. The van der Waals surface area contributed by atoms with E-state index in [0.717, 1.165) is 30.0 Å². The molecule has 0 spiro atoms. The lowest BCUT2D eigenvalue weighted by Crippen LogP contribution is -2.49. The summed E-state index contributed by atoms with van der Waals surface area (Å²) in [6, 6.07) is 22.5. The molecule has 3 aromatic rings. The van der Waals surface area contributed by atoms with Crippen LogP contribution in [-0.2, 0) is 11.2 Å². The highest BCUT2D eigenvalue weighted by molar-refractivity contribution is 5.86. The number of nitrogens with zero attached hydrogens (tertiary/aromatic N) is 1. The third-order valence-corrected chi connectivity index (χ3v) is 5.23. The monoisotopic (exact) mass is 396 g/mol. The van der Waals surface area contributed by atoms with E-state index in [-0.39, 0.29) is 24.4 Å². The number of benzene rings is 3. The smallest absolute Gasteiger partial charge is 0.227 e. The Morgan fingerprint density at radius 2 is 1.82 bits per heavy atom. The van der Waals surface area contributed by atoms with E-state index < -0.39 is 0 Å². The SMILES string of the molecule is COc1ccccc1C1CNCCN1C(=O)Cc1ccc2ccccc2c1.Cl. The fourth-order valence-corrected chi connectivity index (χ4v) is 3.85. The second kappa shape index (κ2) is 9.09. The summed E-state index contributed by atoms with van der Waals surface area (Å²) >= 11 is 0. The molecule has 4 nitrogen and oxygen atoms in total. The second-order valence-electron chi connectivity index (χ2n) is 6.91. The van der Waals surface area contributed by atoms with Gasteiger partial charge in [0.05, 0.1) is 19.6 Å². The third-order valence-electron chi connectivity index (χ3n) is 5.23. The standard InChI is InChI=1S/C23H24N2O2.ClH/c1-27-22-9-5-4-8-20(22)21-16-24-12-13-25(21)23(26)15-17-10-11-18-6-2-3-7-19(18)14-17;/h2-11,14,21,24H,12-13,15-16H2,1H3;1H. The molecule has 1 aliphatic rings. The highest BCUT2D eigenvalue weighted by Crippen LogP contribution is 2.30. The summed E-state index contributed by atoms with van der Waals surface area (Å²) < 4.78 is 5.53. The van der Waals surface area contributed by atoms with E-state index in [1.165, 1.54) is 10.8 Å². The van der Waals surface area contributed by atoms with Crippen molar-refractivity contribution in [2.24, 2.45) is 0 Å². The topological polar surface area (TPSA) is 41.6 Å². The molecule has 3 aromatic carbocycles. The van der Waals surface area contributed by atoms with Crippen LogP contribution in [0.1, 0.15) is 17.2 Å². The van der Waals surface area contributed by atoms with Gasteiger partial charge in [-0.05, 0) is 22.4 Å². The summed E-state index contributed by atoms with van der Waals surface area (Å²) in [7, 11) is 1.68. The van der Waals surface area contributed by atoms with Gasteiger partial charge in [0.2, 0.25) is 5.91 Å². The van der Waals surface area contributed by atoms with Gasteiger partial charge in [-0.25, -0.2) is 0 Å². The molecule has 28 heavy (non-hydrogen) atoms. The van der Waals surface area contributed by atoms with Crippen LogP contribution in [0.2, 0.25) is 0 Å². The molecule has 0 radical (unpaired) electrons. The van der Waals surface area contributed by atoms with Crippen LogP contribution in [0.15, 0.2) is 66.7 Å². The van der Waals surface area contributed by atoms with E-state index >= 15 is 0 Å². The Labute approximate surface area is 171 Å². The summed E-state index contributed by atoms with van der Waals surface area (Å²) in [6.07, 6.45) is 0.413. The summed E-state index contributed by atoms with van der Waals surface area (Å²) in [5, 5.41) is 5.78. The van der Waals surface area contributed by atoms with Crippen LogP contribution in [0.25, 0.3) is 10.8 Å². The van der Waals surface area contributed by atoms with Crippen molar-refractivity contribution < 1.29 is 9.53 Å². The van der Waals surface area contributed by atoms with E-state index in [9.17, 15) is 4.79 Å². The van der Waals surface area contributed by atoms with Crippen LogP contribution in [0.3, 0.4) is 0 Å². The quantitative estimate of drug-likeness (QED) is 0.725. The van der Waals surface area contributed by atoms with E-state index in [1.54, 1.807) is 7.11 Å². The third kappa shape index (κ3) is 4.13. The van der Waals surface area contributed by atoms with Gasteiger partial charge in [-0.3, -0.25) is 4.79 Å². The number of para-hydroxylation sites is 1. The van der Waals surface area contributed by atoms with Gasteiger partial charge < -0.3 is 15.0 Å². The van der Waals surface area contributed by atoms with E-state index in [1.807, 2.05) is 41.3 Å². The Morgan fingerprint density at radius 1 is 1.07 bits per heavy atom. The number of hydrogen-bond donors (Lipinski definition) is 1. The van der Waals surface area contributed by atoms with Crippen LogP contribution < -0.4 is 10.1 Å². The molecule has 0 bridgehead atoms. The lowest BCUT2D eigenvalue weighted by atomic mass is 10.00. The first kappa shape index (κ1) is 20.2. The number of methoxy groups -OCH3 is 1. The van der Waals surface area contributed by atoms with Gasteiger partial charge in [0.1, 0.15) is 5.75 Å². The van der Waals surface area contributed by atoms with Gasteiger partial charge in [0.25, 0.3) is 0 Å². The number of halogens is 1. The Morgan fingerprint density at radius 3 is 2.64 bits per heavy atom. The molecular weight excluding hydrogens is 372 g/mol. The Bertz CT molecular complexity index is 960. The lowest BCUT2D eigenvalue weighted by Gasteiger charge is -2.37. The van der Waals surface area contributed by atoms with Crippen molar-refractivity contribution in [2.75, 3.05) is 26.7 Å². The second-order valence-corrected chi connectivity index (χ2v) is 6.91. The minimum atomic E-state index is -0.0112. The average Bonchev–Trinajstić information content (AvgIpc) is 2.73. The normalized spacial score (nSPS) is 16.5. The van der Waals surface area contributed by atoms with E-state index in [0.29, 0.717) is 13.0 Å². The van der Waals surface area contributed by atoms with Crippen LogP contribution in [0, 0.1) is 0 Å². The summed E-state index contributed by atoms with van der Waals surface area (Å²) in [4.78, 5) is 15.1. The van der Waals surface area contributed by atoms with Crippen LogP contribution in [-0.4, -0.2) is 37.6 Å². The fraction of sp³-hybridized carbons (Fsp3) is 0.261. The first-order chi connectivity index (χ1) is 13.3. The summed E-state index contributed by atoms with van der Waals surface area (Å²) in [5.41, 5.74) is 2.11. The van der Waals surface area contributed by atoms with Gasteiger partial charge in [-0.2, -0.15) is 0 Å². The molecule has 1 saturated heterocycles. The number of nitrogens with one attached hydrogen (secondary N) is 1. The van der Waals surface area contributed by atoms with Crippen LogP contribution >= 0.6 is 12.4 Å². The zero-order chi connectivity index (χ0) is 18.6. The number of hydrogen-bond acceptors (Lipinski definition) is 3. The maximum Gasteiger partial charge on any atom is 0.227 e. The highest BCUT2D eigenvalue weighted by Gasteiger charge is 2.29. The predicted octanol–water partition coefficient (Wildman–Crippen LogP) is 3.99. The lowest BCUT2D eigenvalue weighted by molar-refractivity contribution is -0.133. The van der Waals surface area contributed by atoms with Crippen molar-refractivity contribution in [1.82, 2.24) is 10.2 Å². The minimum Gasteiger partial charge on any atom is -0.496 e. The number of carbonyl (C=O) groups excluding carboxylic acids is 1. The molecule has 0 aliphatic carbocycles. The molecule has 1 heterocycles. The molecule has 1 fully saturated rings. The largest absolute Gasteiger partial charge is 0.496 e. The number of rotatable bonds is 4. The van der Waals surface area contributed by atoms with Gasteiger partial charge in [0.15, 0.2) is 0 Å². The van der Waals surface area contributed by atoms with Crippen molar-refractivity contribution in [3.05, 3.63) is 77.9 Å². The minimum absolute atomic E-state index is 0. The predicted molar refractivity (Wildman–Crippen MR) is 115 cm³/mol. The van der Waals surface area contributed by atoms with Crippen molar-refractivity contribution in [3.63, 3.8) is 0 Å². The van der Waals surface area contributed by atoms with Crippen molar-refractivity contribution in [1.29, 1.82) is 0 Å². The Kier molecular flexibility index (Phi) is 6.55. The van der Waals surface area contributed by atoms with Gasteiger partial charge in [-0.1, -0.05) is 60.7 Å². The first-order valence-electron chi connectivity index (χ1n) is 9.37. The first-order valence-corrected chi connectivity index (χ1v) is 9.37. The molecule has 146 valence electrons. The zero-order valence-corrected chi connectivity index (χ0v) is 16.7. The van der Waals surface area contributed by atoms with Gasteiger partial charge >= 0.3 is 0 Å². The van der Waals surface area contributed by atoms with E-state index in [2.05, 4.69) is 35.6 Å². The molecule has 5 heteroatoms. The maximum absolute atomic E-state index is 13.1. The Hall–Kier alpha value is -2.56. The molecular formula is C23H25ClN2O2. The molecule has 1 aliphatic heterocycles. The highest BCUT2D eigenvalue weighted by atomic mass is 35.5. The molecule has 0 saturated carbocycles. The zero-order valence-electron chi connectivity index (χ0n) is 15.9. The molecule has 4 rings (SSSR count). The summed E-state index contributed by atoms with van der Waals surface area (Å²) in [6.45, 7) is 2.26. The molecule has 1 unspecified atom stereocenters. The van der Waals surface area contributed by atoms with Gasteiger partial charge in [0, 0.05) is 25.2 Å². The molecule has 1 amide bonds. The average molecular weight is 397 g/mol. The number of ether oxygens (including phenoxy) is 1. The number of amides is 1. The summed E-state index contributed by atoms with van der Waals surface area (Å²) in [5.74, 6) is 0.984.